The standard InChI is InChI=1S/C21H25N3O3/c1-15(22-13-12-16-8-4-2-5-9-16)18-19(25)23-21(27)24(20(18)26)14-17-10-6-3-7-11-17/h3,6-8,10-11,18H,2,4-5,9,12-14H2,1H3,(H,23,25,27). The summed E-state index contributed by atoms with van der Waals surface area (Å²) in [7, 11) is 0. The molecule has 3 rings (SSSR count). The van der Waals surface area contributed by atoms with Gasteiger partial charge in [-0.1, -0.05) is 42.0 Å². The van der Waals surface area contributed by atoms with Gasteiger partial charge in [0.2, 0.25) is 11.8 Å². The molecule has 1 atom stereocenters. The maximum Gasteiger partial charge on any atom is 0.331 e. The summed E-state index contributed by atoms with van der Waals surface area (Å²) in [6, 6.07) is 8.56. The molecule has 2 aliphatic rings. The van der Waals surface area contributed by atoms with Gasteiger partial charge < -0.3 is 0 Å². The molecule has 1 aliphatic heterocycles. The number of aliphatic imine (C=N–C) groups is 1. The smallest absolute Gasteiger partial charge is 0.293 e. The minimum Gasteiger partial charge on any atom is -0.293 e. The van der Waals surface area contributed by atoms with Crippen molar-refractivity contribution >= 4 is 23.6 Å². The fourth-order valence-corrected chi connectivity index (χ4v) is 3.50. The van der Waals surface area contributed by atoms with E-state index in [4.69, 9.17) is 0 Å². The number of imide groups is 2. The number of hydrogen-bond donors (Lipinski definition) is 1. The van der Waals surface area contributed by atoms with Crippen molar-refractivity contribution in [2.24, 2.45) is 10.9 Å². The number of hydrogen-bond acceptors (Lipinski definition) is 4. The first-order valence-corrected chi connectivity index (χ1v) is 9.45. The minimum absolute atomic E-state index is 0.134. The van der Waals surface area contributed by atoms with Crippen LogP contribution in [0.2, 0.25) is 0 Å². The first-order chi connectivity index (χ1) is 13.1. The molecular weight excluding hydrogens is 342 g/mol. The van der Waals surface area contributed by atoms with Crippen LogP contribution in [-0.4, -0.2) is 35.0 Å². The number of amides is 4. The molecule has 0 aromatic heterocycles. The van der Waals surface area contributed by atoms with E-state index in [-0.39, 0.29) is 6.54 Å². The highest BCUT2D eigenvalue weighted by Gasteiger charge is 2.41. The second-order valence-electron chi connectivity index (χ2n) is 7.02. The number of barbiturate groups is 1. The van der Waals surface area contributed by atoms with Crippen LogP contribution in [0.1, 0.15) is 44.6 Å². The molecule has 27 heavy (non-hydrogen) atoms. The van der Waals surface area contributed by atoms with Crippen LogP contribution in [0.4, 0.5) is 4.79 Å². The van der Waals surface area contributed by atoms with Gasteiger partial charge in [0, 0.05) is 12.3 Å². The maximum atomic E-state index is 12.8. The molecule has 0 saturated carbocycles. The van der Waals surface area contributed by atoms with Crippen LogP contribution in [0.5, 0.6) is 0 Å². The van der Waals surface area contributed by atoms with Gasteiger partial charge in [0.1, 0.15) is 0 Å². The van der Waals surface area contributed by atoms with Gasteiger partial charge in [-0.3, -0.25) is 24.8 Å². The Bertz CT molecular complexity index is 783. The Kier molecular flexibility index (Phi) is 6.16. The van der Waals surface area contributed by atoms with Gasteiger partial charge in [0.25, 0.3) is 0 Å². The van der Waals surface area contributed by atoms with Crippen molar-refractivity contribution in [3.8, 4) is 0 Å². The summed E-state index contributed by atoms with van der Waals surface area (Å²) < 4.78 is 0. The lowest BCUT2D eigenvalue weighted by Gasteiger charge is -2.30. The van der Waals surface area contributed by atoms with Gasteiger partial charge in [-0.05, 0) is 44.6 Å². The molecule has 1 heterocycles. The normalized spacial score (nSPS) is 21.1. The van der Waals surface area contributed by atoms with Gasteiger partial charge in [-0.2, -0.15) is 0 Å². The summed E-state index contributed by atoms with van der Waals surface area (Å²) in [6.07, 6.45) is 7.82. The van der Waals surface area contributed by atoms with E-state index in [1.54, 1.807) is 6.92 Å². The van der Waals surface area contributed by atoms with Crippen molar-refractivity contribution in [2.45, 2.75) is 45.6 Å². The first kappa shape index (κ1) is 19.0. The third kappa shape index (κ3) is 4.70. The van der Waals surface area contributed by atoms with Crippen molar-refractivity contribution < 1.29 is 14.4 Å². The lowest BCUT2D eigenvalue weighted by molar-refractivity contribution is -0.139. The predicted octanol–water partition coefficient (Wildman–Crippen LogP) is 3.23. The number of carbonyl (C=O) groups excluding carboxylic acids is 3. The number of nitrogens with one attached hydrogen (secondary N) is 1. The first-order valence-electron chi connectivity index (χ1n) is 9.45. The van der Waals surface area contributed by atoms with Gasteiger partial charge in [0.05, 0.1) is 6.54 Å². The summed E-state index contributed by atoms with van der Waals surface area (Å²) in [6.45, 7) is 2.38. The van der Waals surface area contributed by atoms with E-state index < -0.39 is 23.8 Å². The Morgan fingerprint density at radius 1 is 1.19 bits per heavy atom. The Morgan fingerprint density at radius 3 is 2.67 bits per heavy atom. The summed E-state index contributed by atoms with van der Waals surface area (Å²) in [5, 5.41) is 2.29. The number of carbonyl (C=O) groups is 3. The van der Waals surface area contributed by atoms with E-state index in [1.807, 2.05) is 30.3 Å². The van der Waals surface area contributed by atoms with E-state index in [0.29, 0.717) is 12.3 Å². The van der Waals surface area contributed by atoms with Gasteiger partial charge in [-0.15, -0.1) is 0 Å². The molecule has 142 valence electrons. The molecular formula is C21H25N3O3. The third-order valence-electron chi connectivity index (χ3n) is 5.03. The van der Waals surface area contributed by atoms with Gasteiger partial charge in [0.15, 0.2) is 5.92 Å². The predicted molar refractivity (Wildman–Crippen MR) is 103 cm³/mol. The minimum atomic E-state index is -1.04. The molecule has 1 N–H and O–H groups in total. The summed E-state index contributed by atoms with van der Waals surface area (Å²) in [5.74, 6) is -2.13. The van der Waals surface area contributed by atoms with Crippen molar-refractivity contribution in [1.29, 1.82) is 0 Å². The largest absolute Gasteiger partial charge is 0.331 e. The number of rotatable bonds is 6. The van der Waals surface area contributed by atoms with Crippen molar-refractivity contribution in [3.05, 3.63) is 47.5 Å². The SMILES string of the molecule is CC(=NCCC1=CCCCC1)C1C(=O)NC(=O)N(Cc2ccccc2)C1=O. The quantitative estimate of drug-likeness (QED) is 0.476. The summed E-state index contributed by atoms with van der Waals surface area (Å²) in [5.41, 5.74) is 2.69. The summed E-state index contributed by atoms with van der Waals surface area (Å²) >= 11 is 0. The second-order valence-corrected chi connectivity index (χ2v) is 7.02. The van der Waals surface area contributed by atoms with Gasteiger partial charge >= 0.3 is 6.03 Å². The highest BCUT2D eigenvalue weighted by molar-refractivity contribution is 6.27. The molecule has 1 unspecified atom stereocenters. The van der Waals surface area contributed by atoms with Crippen LogP contribution >= 0.6 is 0 Å². The average molecular weight is 367 g/mol. The van der Waals surface area contributed by atoms with E-state index in [2.05, 4.69) is 16.4 Å². The molecule has 0 radical (unpaired) electrons. The van der Waals surface area contributed by atoms with Crippen LogP contribution in [0.15, 0.2) is 47.0 Å². The van der Waals surface area contributed by atoms with Crippen LogP contribution in [-0.2, 0) is 16.1 Å². The zero-order chi connectivity index (χ0) is 19.2. The third-order valence-corrected chi connectivity index (χ3v) is 5.03. The Morgan fingerprint density at radius 2 is 1.96 bits per heavy atom. The van der Waals surface area contributed by atoms with Crippen molar-refractivity contribution in [2.75, 3.05) is 6.54 Å². The number of urea groups is 1. The van der Waals surface area contributed by atoms with Crippen molar-refractivity contribution in [3.63, 3.8) is 0 Å². The molecule has 1 aliphatic carbocycles. The second kappa shape index (κ2) is 8.75. The van der Waals surface area contributed by atoms with E-state index in [1.165, 1.54) is 18.4 Å². The summed E-state index contributed by atoms with van der Waals surface area (Å²) in [4.78, 5) is 42.7. The molecule has 1 saturated heterocycles. The number of benzene rings is 1. The van der Waals surface area contributed by atoms with E-state index in [0.717, 1.165) is 29.7 Å². The number of nitrogens with zero attached hydrogens (tertiary/aromatic N) is 2. The topological polar surface area (TPSA) is 78.8 Å². The van der Waals surface area contributed by atoms with Gasteiger partial charge in [-0.25, -0.2) is 4.79 Å². The highest BCUT2D eigenvalue weighted by atomic mass is 16.2. The Balaban J connectivity index is 1.68. The lowest BCUT2D eigenvalue weighted by atomic mass is 9.97. The molecule has 0 spiro atoms. The number of allylic oxidation sites excluding steroid dienone is 1. The molecule has 6 nitrogen and oxygen atoms in total. The molecule has 1 fully saturated rings. The monoisotopic (exact) mass is 367 g/mol. The van der Waals surface area contributed by atoms with Crippen LogP contribution in [0, 0.1) is 5.92 Å². The van der Waals surface area contributed by atoms with Crippen molar-refractivity contribution in [1.82, 2.24) is 10.2 Å². The average Bonchev–Trinajstić information content (AvgIpc) is 2.67. The molecule has 6 heteroatoms. The molecule has 1 aromatic rings. The lowest BCUT2D eigenvalue weighted by Crippen LogP contribution is -2.59. The maximum absolute atomic E-state index is 12.8. The van der Waals surface area contributed by atoms with E-state index in [9.17, 15) is 14.4 Å². The zero-order valence-electron chi connectivity index (χ0n) is 15.6. The zero-order valence-corrected chi connectivity index (χ0v) is 15.6. The molecule has 1 aromatic carbocycles. The molecule has 0 bridgehead atoms. The fraction of sp³-hybridized carbons (Fsp3) is 0.429. The Hall–Kier alpha value is -2.76. The highest BCUT2D eigenvalue weighted by Crippen LogP contribution is 2.20. The Labute approximate surface area is 159 Å². The van der Waals surface area contributed by atoms with Crippen LogP contribution in [0.3, 0.4) is 0 Å². The molecule has 4 amide bonds. The van der Waals surface area contributed by atoms with E-state index >= 15 is 0 Å². The van der Waals surface area contributed by atoms with Crippen LogP contribution < -0.4 is 5.32 Å². The van der Waals surface area contributed by atoms with Crippen LogP contribution in [0.25, 0.3) is 0 Å². The fourth-order valence-electron chi connectivity index (χ4n) is 3.50.